The van der Waals surface area contributed by atoms with Gasteiger partial charge < -0.3 is 14.8 Å². The molecule has 0 aliphatic carbocycles. The third-order valence-corrected chi connectivity index (χ3v) is 5.07. The number of nitrogens with one attached hydrogen (secondary N) is 1. The fraction of sp³-hybridized carbons (Fsp3) is 0.280. The normalized spacial score (nSPS) is 11.5. The van der Waals surface area contributed by atoms with Gasteiger partial charge in [0.05, 0.1) is 11.6 Å². The number of benzene rings is 3. The lowest BCUT2D eigenvalue weighted by atomic mass is 10.1. The lowest BCUT2D eigenvalue weighted by Gasteiger charge is -2.18. The standard InChI is InChI=1S/C25H28ClNO2.ClH/c1-4-28-24-15-21(16-27-19(3)22-8-6-5-7-9-22)14-23(26)25(24)29-17-20-12-10-18(2)11-13-20;/h5-15,19,27H,4,16-17H2,1-3H3;1H. The molecule has 3 aromatic rings. The molecule has 0 aliphatic heterocycles. The molecule has 0 amide bonds. The number of ether oxygens (including phenoxy) is 2. The van der Waals surface area contributed by atoms with Crippen LogP contribution in [0.3, 0.4) is 0 Å². The Balaban J connectivity index is 0.00000320. The first-order valence-corrected chi connectivity index (χ1v) is 10.4. The van der Waals surface area contributed by atoms with Crippen molar-refractivity contribution in [2.75, 3.05) is 6.61 Å². The van der Waals surface area contributed by atoms with Gasteiger partial charge in [-0.1, -0.05) is 71.8 Å². The first-order valence-electron chi connectivity index (χ1n) is 9.98. The molecule has 30 heavy (non-hydrogen) atoms. The Kier molecular flexibility index (Phi) is 9.51. The van der Waals surface area contributed by atoms with E-state index in [1.807, 2.05) is 25.1 Å². The quantitative estimate of drug-likeness (QED) is 0.388. The molecule has 1 N–H and O–H groups in total. The molecule has 3 rings (SSSR count). The third-order valence-electron chi connectivity index (χ3n) is 4.78. The number of aryl methyl sites for hydroxylation is 1. The number of halogens is 2. The molecule has 160 valence electrons. The van der Waals surface area contributed by atoms with Crippen molar-refractivity contribution in [2.24, 2.45) is 0 Å². The van der Waals surface area contributed by atoms with Crippen LogP contribution in [0.1, 0.15) is 42.1 Å². The maximum Gasteiger partial charge on any atom is 0.180 e. The summed E-state index contributed by atoms with van der Waals surface area (Å²) >= 11 is 6.56. The first kappa shape index (κ1) is 24.1. The molecule has 0 radical (unpaired) electrons. The lowest BCUT2D eigenvalue weighted by Crippen LogP contribution is -2.18. The van der Waals surface area contributed by atoms with E-state index in [1.165, 1.54) is 11.1 Å². The molecule has 1 unspecified atom stereocenters. The Morgan fingerprint density at radius 1 is 0.933 bits per heavy atom. The second kappa shape index (κ2) is 11.8. The minimum Gasteiger partial charge on any atom is -0.490 e. The molecule has 0 bridgehead atoms. The van der Waals surface area contributed by atoms with Gasteiger partial charge in [0.1, 0.15) is 6.61 Å². The Labute approximate surface area is 190 Å². The van der Waals surface area contributed by atoms with Crippen molar-refractivity contribution < 1.29 is 9.47 Å². The highest BCUT2D eigenvalue weighted by Gasteiger charge is 2.14. The molecule has 0 aromatic heterocycles. The maximum absolute atomic E-state index is 6.56. The highest BCUT2D eigenvalue weighted by molar-refractivity contribution is 6.32. The molecule has 3 aromatic carbocycles. The topological polar surface area (TPSA) is 30.5 Å². The Morgan fingerprint density at radius 3 is 2.30 bits per heavy atom. The summed E-state index contributed by atoms with van der Waals surface area (Å²) in [5.74, 6) is 1.27. The zero-order chi connectivity index (χ0) is 20.6. The van der Waals surface area contributed by atoms with Crippen molar-refractivity contribution in [1.29, 1.82) is 0 Å². The zero-order valence-corrected chi connectivity index (χ0v) is 19.2. The Morgan fingerprint density at radius 2 is 1.63 bits per heavy atom. The van der Waals surface area contributed by atoms with Crippen LogP contribution in [0.2, 0.25) is 5.02 Å². The molecule has 0 aliphatic rings. The van der Waals surface area contributed by atoms with E-state index < -0.39 is 0 Å². The van der Waals surface area contributed by atoms with Gasteiger partial charge in [-0.15, -0.1) is 12.4 Å². The van der Waals surface area contributed by atoms with Gasteiger partial charge in [0.2, 0.25) is 0 Å². The molecule has 1 atom stereocenters. The summed E-state index contributed by atoms with van der Waals surface area (Å²) in [6, 6.07) is 22.8. The van der Waals surface area contributed by atoms with Gasteiger partial charge in [-0.2, -0.15) is 0 Å². The number of hydrogen-bond donors (Lipinski definition) is 1. The highest BCUT2D eigenvalue weighted by atomic mass is 35.5. The summed E-state index contributed by atoms with van der Waals surface area (Å²) in [4.78, 5) is 0. The van der Waals surface area contributed by atoms with Crippen LogP contribution in [-0.4, -0.2) is 6.61 Å². The van der Waals surface area contributed by atoms with E-state index in [1.54, 1.807) is 0 Å². The molecule has 3 nitrogen and oxygen atoms in total. The van der Waals surface area contributed by atoms with Crippen LogP contribution in [0.15, 0.2) is 66.7 Å². The summed E-state index contributed by atoms with van der Waals surface area (Å²) in [6.45, 7) is 7.87. The molecule has 0 fully saturated rings. The largest absolute Gasteiger partial charge is 0.490 e. The van der Waals surface area contributed by atoms with Gasteiger partial charge in [0.15, 0.2) is 11.5 Å². The monoisotopic (exact) mass is 445 g/mol. The lowest BCUT2D eigenvalue weighted by molar-refractivity contribution is 0.269. The van der Waals surface area contributed by atoms with E-state index in [-0.39, 0.29) is 18.4 Å². The van der Waals surface area contributed by atoms with E-state index in [0.717, 1.165) is 11.1 Å². The van der Waals surface area contributed by atoms with Crippen LogP contribution in [0, 0.1) is 6.92 Å². The molecular weight excluding hydrogens is 417 g/mol. The summed E-state index contributed by atoms with van der Waals surface area (Å²) in [5.41, 5.74) is 4.63. The van der Waals surface area contributed by atoms with Gasteiger partial charge in [-0.3, -0.25) is 0 Å². The van der Waals surface area contributed by atoms with Crippen LogP contribution in [-0.2, 0) is 13.2 Å². The fourth-order valence-electron chi connectivity index (χ4n) is 3.10. The predicted molar refractivity (Wildman–Crippen MR) is 127 cm³/mol. The van der Waals surface area contributed by atoms with Gasteiger partial charge in [0, 0.05) is 12.6 Å². The Hall–Kier alpha value is -2.20. The van der Waals surface area contributed by atoms with E-state index in [0.29, 0.717) is 36.3 Å². The van der Waals surface area contributed by atoms with Crippen LogP contribution in [0.4, 0.5) is 0 Å². The molecule has 0 saturated carbocycles. The Bertz CT molecular complexity index is 914. The summed E-state index contributed by atoms with van der Waals surface area (Å²) in [7, 11) is 0. The third kappa shape index (κ3) is 6.66. The van der Waals surface area contributed by atoms with Crippen LogP contribution >= 0.6 is 24.0 Å². The summed E-state index contributed by atoms with van der Waals surface area (Å²) < 4.78 is 11.8. The SMILES string of the molecule is CCOc1cc(CNC(C)c2ccccc2)cc(Cl)c1OCc1ccc(C)cc1.Cl. The van der Waals surface area contributed by atoms with E-state index >= 15 is 0 Å². The molecule has 0 spiro atoms. The number of rotatable bonds is 9. The zero-order valence-electron chi connectivity index (χ0n) is 17.7. The van der Waals surface area contributed by atoms with Crippen molar-refractivity contribution in [3.8, 4) is 11.5 Å². The van der Waals surface area contributed by atoms with E-state index in [9.17, 15) is 0 Å². The van der Waals surface area contributed by atoms with Crippen molar-refractivity contribution in [3.63, 3.8) is 0 Å². The van der Waals surface area contributed by atoms with Crippen molar-refractivity contribution in [3.05, 3.63) is 94.0 Å². The highest BCUT2D eigenvalue weighted by Crippen LogP contribution is 2.37. The minimum absolute atomic E-state index is 0. The molecule has 5 heteroatoms. The smallest absolute Gasteiger partial charge is 0.180 e. The van der Waals surface area contributed by atoms with Crippen LogP contribution in [0.25, 0.3) is 0 Å². The summed E-state index contributed by atoms with van der Waals surface area (Å²) in [6.07, 6.45) is 0. The first-order chi connectivity index (χ1) is 14.1. The molecule has 0 saturated heterocycles. The van der Waals surface area contributed by atoms with Gasteiger partial charge >= 0.3 is 0 Å². The van der Waals surface area contributed by atoms with Gasteiger partial charge in [-0.05, 0) is 49.6 Å². The molecule has 0 heterocycles. The van der Waals surface area contributed by atoms with E-state index in [4.69, 9.17) is 21.1 Å². The fourth-order valence-corrected chi connectivity index (χ4v) is 3.38. The number of hydrogen-bond acceptors (Lipinski definition) is 3. The average molecular weight is 446 g/mol. The van der Waals surface area contributed by atoms with E-state index in [2.05, 4.69) is 67.7 Å². The second-order valence-electron chi connectivity index (χ2n) is 7.13. The van der Waals surface area contributed by atoms with Crippen LogP contribution in [0.5, 0.6) is 11.5 Å². The van der Waals surface area contributed by atoms with Gasteiger partial charge in [-0.25, -0.2) is 0 Å². The van der Waals surface area contributed by atoms with Gasteiger partial charge in [0.25, 0.3) is 0 Å². The maximum atomic E-state index is 6.56. The average Bonchev–Trinajstić information content (AvgIpc) is 2.73. The second-order valence-corrected chi connectivity index (χ2v) is 7.53. The minimum atomic E-state index is 0. The van der Waals surface area contributed by atoms with Crippen molar-refractivity contribution >= 4 is 24.0 Å². The molecular formula is C25H29Cl2NO2. The predicted octanol–water partition coefficient (Wildman–Crippen LogP) is 6.90. The van der Waals surface area contributed by atoms with Crippen molar-refractivity contribution in [1.82, 2.24) is 5.32 Å². The van der Waals surface area contributed by atoms with Crippen LogP contribution < -0.4 is 14.8 Å². The summed E-state index contributed by atoms with van der Waals surface area (Å²) in [5, 5.41) is 4.10. The van der Waals surface area contributed by atoms with Crippen molar-refractivity contribution in [2.45, 2.75) is 40.0 Å².